The van der Waals surface area contributed by atoms with Gasteiger partial charge in [-0.2, -0.15) is 0 Å². The molecule has 6 heteroatoms. The van der Waals surface area contributed by atoms with E-state index in [0.29, 0.717) is 18.1 Å². The highest BCUT2D eigenvalue weighted by atomic mass is 16.5. The molecule has 6 nitrogen and oxygen atoms in total. The van der Waals surface area contributed by atoms with Gasteiger partial charge in [0.15, 0.2) is 0 Å². The predicted molar refractivity (Wildman–Crippen MR) is 102 cm³/mol. The second-order valence-electron chi connectivity index (χ2n) is 7.55. The van der Waals surface area contributed by atoms with Crippen molar-refractivity contribution in [2.45, 2.75) is 45.1 Å². The first kappa shape index (κ1) is 18.3. The smallest absolute Gasteiger partial charge is 0.271 e. The Morgan fingerprint density at radius 3 is 2.69 bits per heavy atom. The highest BCUT2D eigenvalue weighted by Crippen LogP contribution is 2.30. The number of carbonyl (C=O) groups excluding carboxylic acids is 1. The lowest BCUT2D eigenvalue weighted by atomic mass is 9.86. The molecule has 2 heterocycles. The Bertz CT molecular complexity index is 747. The number of nitrogens with zero attached hydrogens (tertiary/aromatic N) is 2. The summed E-state index contributed by atoms with van der Waals surface area (Å²) in [6.07, 6.45) is 5.23. The number of benzene rings is 1. The third-order valence-corrected chi connectivity index (χ3v) is 4.40. The van der Waals surface area contributed by atoms with Crippen molar-refractivity contribution in [3.05, 3.63) is 47.9 Å². The average molecular weight is 354 g/mol. The summed E-state index contributed by atoms with van der Waals surface area (Å²) in [5.74, 6) is 0.381. The normalized spacial score (nSPS) is 17.1. The molecule has 138 valence electrons. The molecular weight excluding hydrogens is 328 g/mol. The van der Waals surface area contributed by atoms with Crippen molar-refractivity contribution in [2.24, 2.45) is 0 Å². The SMILES string of the molecule is CC(C)(C)c1ccccc1Nc1cnc(C(=O)NCC2CCCO2)cn1. The van der Waals surface area contributed by atoms with Crippen LogP contribution in [0.15, 0.2) is 36.7 Å². The molecule has 1 fully saturated rings. The Balaban J connectivity index is 1.64. The zero-order valence-electron chi connectivity index (χ0n) is 15.6. The maximum absolute atomic E-state index is 12.2. The lowest BCUT2D eigenvalue weighted by molar-refractivity contribution is 0.0853. The Kier molecular flexibility index (Phi) is 5.52. The van der Waals surface area contributed by atoms with Crippen molar-refractivity contribution in [2.75, 3.05) is 18.5 Å². The van der Waals surface area contributed by atoms with Gasteiger partial charge >= 0.3 is 0 Å². The van der Waals surface area contributed by atoms with Gasteiger partial charge in [-0.25, -0.2) is 9.97 Å². The van der Waals surface area contributed by atoms with Gasteiger partial charge in [0.25, 0.3) is 5.91 Å². The van der Waals surface area contributed by atoms with Crippen LogP contribution in [0.3, 0.4) is 0 Å². The molecule has 1 aromatic heterocycles. The molecule has 1 aliphatic rings. The van der Waals surface area contributed by atoms with Crippen molar-refractivity contribution in [3.63, 3.8) is 0 Å². The molecule has 2 N–H and O–H groups in total. The van der Waals surface area contributed by atoms with Gasteiger partial charge < -0.3 is 15.4 Å². The van der Waals surface area contributed by atoms with Crippen LogP contribution in [0.1, 0.15) is 49.7 Å². The Morgan fingerprint density at radius 2 is 2.04 bits per heavy atom. The van der Waals surface area contributed by atoms with Crippen LogP contribution in [-0.4, -0.2) is 35.1 Å². The largest absolute Gasteiger partial charge is 0.376 e. The molecule has 1 aliphatic heterocycles. The van der Waals surface area contributed by atoms with E-state index >= 15 is 0 Å². The lowest BCUT2D eigenvalue weighted by Gasteiger charge is -2.23. The average Bonchev–Trinajstić information content (AvgIpc) is 3.13. The molecule has 1 aromatic carbocycles. The molecule has 1 saturated heterocycles. The minimum Gasteiger partial charge on any atom is -0.376 e. The Labute approximate surface area is 154 Å². The van der Waals surface area contributed by atoms with Crippen LogP contribution in [0.25, 0.3) is 0 Å². The number of hydrogen-bond donors (Lipinski definition) is 2. The van der Waals surface area contributed by atoms with Crippen molar-refractivity contribution in [3.8, 4) is 0 Å². The van der Waals surface area contributed by atoms with Crippen LogP contribution in [0.4, 0.5) is 11.5 Å². The van der Waals surface area contributed by atoms with Gasteiger partial charge in [-0.05, 0) is 29.9 Å². The topological polar surface area (TPSA) is 76.1 Å². The number of nitrogens with one attached hydrogen (secondary N) is 2. The van der Waals surface area contributed by atoms with E-state index in [9.17, 15) is 4.79 Å². The van der Waals surface area contributed by atoms with E-state index in [1.54, 1.807) is 6.20 Å². The van der Waals surface area contributed by atoms with Crippen molar-refractivity contribution in [1.82, 2.24) is 15.3 Å². The first-order chi connectivity index (χ1) is 12.4. The number of carbonyl (C=O) groups is 1. The first-order valence-corrected chi connectivity index (χ1v) is 9.02. The number of anilines is 2. The second-order valence-corrected chi connectivity index (χ2v) is 7.55. The molecule has 3 rings (SSSR count). The summed E-state index contributed by atoms with van der Waals surface area (Å²) in [4.78, 5) is 20.7. The maximum atomic E-state index is 12.2. The zero-order chi connectivity index (χ0) is 18.6. The molecule has 1 unspecified atom stereocenters. The van der Waals surface area contributed by atoms with Crippen LogP contribution in [0.2, 0.25) is 0 Å². The summed E-state index contributed by atoms with van der Waals surface area (Å²) >= 11 is 0. The number of aromatic nitrogens is 2. The van der Waals surface area contributed by atoms with Crippen molar-refractivity contribution >= 4 is 17.4 Å². The summed E-state index contributed by atoms with van der Waals surface area (Å²) in [7, 11) is 0. The van der Waals surface area contributed by atoms with E-state index in [1.165, 1.54) is 11.8 Å². The lowest BCUT2D eigenvalue weighted by Crippen LogP contribution is -2.32. The summed E-state index contributed by atoms with van der Waals surface area (Å²) in [6, 6.07) is 8.13. The van der Waals surface area contributed by atoms with Crippen LogP contribution in [0, 0.1) is 0 Å². The van der Waals surface area contributed by atoms with E-state index < -0.39 is 0 Å². The highest BCUT2D eigenvalue weighted by molar-refractivity contribution is 5.92. The minimum atomic E-state index is -0.227. The molecule has 0 saturated carbocycles. The number of hydrogen-bond acceptors (Lipinski definition) is 5. The Hall–Kier alpha value is -2.47. The third-order valence-electron chi connectivity index (χ3n) is 4.40. The predicted octanol–water partition coefficient (Wildman–Crippen LogP) is 3.43. The van der Waals surface area contributed by atoms with Gasteiger partial charge in [0.1, 0.15) is 11.5 Å². The highest BCUT2D eigenvalue weighted by Gasteiger charge is 2.19. The number of para-hydroxylation sites is 1. The molecule has 0 radical (unpaired) electrons. The fourth-order valence-electron chi connectivity index (χ4n) is 3.00. The number of ether oxygens (including phenoxy) is 1. The maximum Gasteiger partial charge on any atom is 0.271 e. The molecule has 0 bridgehead atoms. The molecule has 2 aromatic rings. The summed E-state index contributed by atoms with van der Waals surface area (Å²) < 4.78 is 5.50. The van der Waals surface area contributed by atoms with Crippen LogP contribution < -0.4 is 10.6 Å². The molecular formula is C20H26N4O2. The Morgan fingerprint density at radius 1 is 1.23 bits per heavy atom. The van der Waals surface area contributed by atoms with Gasteiger partial charge in [-0.3, -0.25) is 4.79 Å². The van der Waals surface area contributed by atoms with E-state index in [1.807, 2.05) is 18.2 Å². The molecule has 0 spiro atoms. The zero-order valence-corrected chi connectivity index (χ0v) is 15.6. The van der Waals surface area contributed by atoms with Gasteiger partial charge in [-0.1, -0.05) is 39.0 Å². The molecule has 1 atom stereocenters. The molecule has 1 amide bonds. The molecule has 26 heavy (non-hydrogen) atoms. The van der Waals surface area contributed by atoms with Crippen molar-refractivity contribution in [1.29, 1.82) is 0 Å². The van der Waals surface area contributed by atoms with E-state index in [2.05, 4.69) is 47.4 Å². The van der Waals surface area contributed by atoms with E-state index in [-0.39, 0.29) is 17.4 Å². The summed E-state index contributed by atoms with van der Waals surface area (Å²) in [6.45, 7) is 7.79. The quantitative estimate of drug-likeness (QED) is 0.860. The monoisotopic (exact) mass is 354 g/mol. The fourth-order valence-corrected chi connectivity index (χ4v) is 3.00. The van der Waals surface area contributed by atoms with Crippen LogP contribution in [-0.2, 0) is 10.2 Å². The van der Waals surface area contributed by atoms with Gasteiger partial charge in [0, 0.05) is 18.8 Å². The second kappa shape index (κ2) is 7.83. The van der Waals surface area contributed by atoms with E-state index in [4.69, 9.17) is 4.74 Å². The van der Waals surface area contributed by atoms with E-state index in [0.717, 1.165) is 25.1 Å². The summed E-state index contributed by atoms with van der Waals surface area (Å²) in [5, 5.41) is 6.15. The van der Waals surface area contributed by atoms with Gasteiger partial charge in [-0.15, -0.1) is 0 Å². The van der Waals surface area contributed by atoms with Gasteiger partial charge in [0.2, 0.25) is 0 Å². The minimum absolute atomic E-state index is 0.0131. The third kappa shape index (κ3) is 4.58. The van der Waals surface area contributed by atoms with Gasteiger partial charge in [0.05, 0.1) is 18.5 Å². The summed E-state index contributed by atoms with van der Waals surface area (Å²) in [5.41, 5.74) is 2.50. The van der Waals surface area contributed by atoms with Crippen LogP contribution >= 0.6 is 0 Å². The standard InChI is InChI=1S/C20H26N4O2/c1-20(2,3)15-8-4-5-9-16(15)24-18-13-21-17(12-22-18)19(25)23-11-14-7-6-10-26-14/h4-5,8-9,12-14H,6-7,10-11H2,1-3H3,(H,22,24)(H,23,25). The fraction of sp³-hybridized carbons (Fsp3) is 0.450. The molecule has 0 aliphatic carbocycles. The number of amides is 1. The first-order valence-electron chi connectivity index (χ1n) is 9.02. The van der Waals surface area contributed by atoms with Crippen molar-refractivity contribution < 1.29 is 9.53 Å². The van der Waals surface area contributed by atoms with Crippen LogP contribution in [0.5, 0.6) is 0 Å². The number of rotatable bonds is 5.